The Balaban J connectivity index is 1.57. The molecule has 0 unspecified atom stereocenters. The van der Waals surface area contributed by atoms with Crippen molar-refractivity contribution in [1.82, 2.24) is 4.90 Å². The van der Waals surface area contributed by atoms with Gasteiger partial charge in [0.1, 0.15) is 0 Å². The third kappa shape index (κ3) is 4.33. The van der Waals surface area contributed by atoms with Crippen molar-refractivity contribution in [3.05, 3.63) is 58.1 Å². The second kappa shape index (κ2) is 8.16. The lowest BCUT2D eigenvalue weighted by Gasteiger charge is -2.36. The van der Waals surface area contributed by atoms with Gasteiger partial charge in [0, 0.05) is 69.5 Å². The van der Waals surface area contributed by atoms with E-state index in [4.69, 9.17) is 0 Å². The number of anilines is 3. The van der Waals surface area contributed by atoms with Crippen LogP contribution in [0.25, 0.3) is 0 Å². The lowest BCUT2D eigenvalue weighted by molar-refractivity contribution is -0.384. The summed E-state index contributed by atoms with van der Waals surface area (Å²) in [6.45, 7) is 4.54. The van der Waals surface area contributed by atoms with Gasteiger partial charge in [-0.2, -0.15) is 0 Å². The number of piperazine rings is 1. The van der Waals surface area contributed by atoms with E-state index < -0.39 is 4.92 Å². The average molecular weight is 383 g/mol. The zero-order valence-electron chi connectivity index (χ0n) is 16.4. The number of nitro benzene ring substituents is 1. The molecule has 0 radical (unpaired) electrons. The fourth-order valence-electron chi connectivity index (χ4n) is 3.21. The van der Waals surface area contributed by atoms with E-state index in [1.807, 2.05) is 44.1 Å². The summed E-state index contributed by atoms with van der Waals surface area (Å²) in [5, 5.41) is 13.8. The number of carbonyl (C=O) groups is 1. The standard InChI is InChI=1S/C20H25N5O3/c1-15-14-18(22(2)3)8-9-19(15)21-20(26)24-12-10-23(11-13-24)16-4-6-17(7-5-16)25(27)28/h4-9,14H,10-13H2,1-3H3,(H,21,26). The molecule has 148 valence electrons. The maximum absolute atomic E-state index is 12.6. The zero-order chi connectivity index (χ0) is 20.3. The summed E-state index contributed by atoms with van der Waals surface area (Å²) in [6.07, 6.45) is 0. The molecule has 3 rings (SSSR count). The molecule has 0 saturated carbocycles. The Morgan fingerprint density at radius 3 is 2.25 bits per heavy atom. The van der Waals surface area contributed by atoms with E-state index in [9.17, 15) is 14.9 Å². The average Bonchev–Trinajstić information content (AvgIpc) is 2.69. The van der Waals surface area contributed by atoms with Crippen LogP contribution in [0.5, 0.6) is 0 Å². The highest BCUT2D eigenvalue weighted by molar-refractivity contribution is 5.90. The van der Waals surface area contributed by atoms with Crippen molar-refractivity contribution in [2.24, 2.45) is 0 Å². The predicted octanol–water partition coefficient (Wildman–Crippen LogP) is 3.32. The summed E-state index contributed by atoms with van der Waals surface area (Å²) >= 11 is 0. The van der Waals surface area contributed by atoms with E-state index in [-0.39, 0.29) is 11.7 Å². The highest BCUT2D eigenvalue weighted by Crippen LogP contribution is 2.23. The highest BCUT2D eigenvalue weighted by Gasteiger charge is 2.22. The van der Waals surface area contributed by atoms with Crippen LogP contribution in [0.15, 0.2) is 42.5 Å². The monoisotopic (exact) mass is 383 g/mol. The van der Waals surface area contributed by atoms with E-state index in [1.165, 1.54) is 12.1 Å². The first-order chi connectivity index (χ1) is 13.3. The predicted molar refractivity (Wildman–Crippen MR) is 111 cm³/mol. The summed E-state index contributed by atoms with van der Waals surface area (Å²) < 4.78 is 0. The van der Waals surface area contributed by atoms with Gasteiger partial charge in [-0.1, -0.05) is 0 Å². The maximum Gasteiger partial charge on any atom is 0.321 e. The second-order valence-corrected chi connectivity index (χ2v) is 7.07. The van der Waals surface area contributed by atoms with Gasteiger partial charge in [0.25, 0.3) is 5.69 Å². The van der Waals surface area contributed by atoms with Gasteiger partial charge >= 0.3 is 6.03 Å². The molecule has 2 aromatic rings. The van der Waals surface area contributed by atoms with Crippen molar-refractivity contribution in [1.29, 1.82) is 0 Å². The molecule has 28 heavy (non-hydrogen) atoms. The molecule has 0 bridgehead atoms. The molecule has 1 aliphatic heterocycles. The fourth-order valence-corrected chi connectivity index (χ4v) is 3.21. The van der Waals surface area contributed by atoms with E-state index in [2.05, 4.69) is 10.2 Å². The maximum atomic E-state index is 12.6. The van der Waals surface area contributed by atoms with E-state index >= 15 is 0 Å². The lowest BCUT2D eigenvalue weighted by Crippen LogP contribution is -2.50. The van der Waals surface area contributed by atoms with Crippen molar-refractivity contribution in [2.45, 2.75) is 6.92 Å². The number of carbonyl (C=O) groups excluding carboxylic acids is 1. The first kappa shape index (κ1) is 19.5. The van der Waals surface area contributed by atoms with Crippen LogP contribution in [-0.4, -0.2) is 56.1 Å². The van der Waals surface area contributed by atoms with Crippen LogP contribution < -0.4 is 15.1 Å². The Morgan fingerprint density at radius 2 is 1.71 bits per heavy atom. The summed E-state index contributed by atoms with van der Waals surface area (Å²) in [7, 11) is 3.97. The number of non-ortho nitro benzene ring substituents is 1. The van der Waals surface area contributed by atoms with Crippen molar-refractivity contribution < 1.29 is 9.72 Å². The third-order valence-corrected chi connectivity index (χ3v) is 4.96. The molecule has 1 aliphatic rings. The zero-order valence-corrected chi connectivity index (χ0v) is 16.4. The summed E-state index contributed by atoms with van der Waals surface area (Å²) in [5.41, 5.74) is 3.93. The van der Waals surface area contributed by atoms with Crippen LogP contribution in [0, 0.1) is 17.0 Å². The van der Waals surface area contributed by atoms with Gasteiger partial charge in [-0.25, -0.2) is 4.79 Å². The SMILES string of the molecule is Cc1cc(N(C)C)ccc1NC(=O)N1CCN(c2ccc([N+](=O)[O-])cc2)CC1. The van der Waals surface area contributed by atoms with Gasteiger partial charge in [-0.15, -0.1) is 0 Å². The van der Waals surface area contributed by atoms with Gasteiger partial charge < -0.3 is 20.0 Å². The van der Waals surface area contributed by atoms with E-state index in [0.29, 0.717) is 26.2 Å². The Bertz CT molecular complexity index is 859. The van der Waals surface area contributed by atoms with Gasteiger partial charge in [0.15, 0.2) is 0 Å². The van der Waals surface area contributed by atoms with Gasteiger partial charge in [0.2, 0.25) is 0 Å². The summed E-state index contributed by atoms with van der Waals surface area (Å²) in [4.78, 5) is 28.9. The smallest absolute Gasteiger partial charge is 0.321 e. The van der Waals surface area contributed by atoms with Gasteiger partial charge in [-0.05, 0) is 42.8 Å². The normalized spacial score (nSPS) is 14.0. The number of benzene rings is 2. The highest BCUT2D eigenvalue weighted by atomic mass is 16.6. The van der Waals surface area contributed by atoms with Gasteiger partial charge in [-0.3, -0.25) is 10.1 Å². The largest absolute Gasteiger partial charge is 0.378 e. The third-order valence-electron chi connectivity index (χ3n) is 4.96. The molecular weight excluding hydrogens is 358 g/mol. The van der Waals surface area contributed by atoms with Crippen LogP contribution in [0.2, 0.25) is 0 Å². The fraction of sp³-hybridized carbons (Fsp3) is 0.350. The molecule has 0 aliphatic carbocycles. The Kier molecular flexibility index (Phi) is 5.67. The molecule has 1 heterocycles. The van der Waals surface area contributed by atoms with Crippen LogP contribution in [-0.2, 0) is 0 Å². The van der Waals surface area contributed by atoms with Crippen molar-refractivity contribution in [3.8, 4) is 0 Å². The van der Waals surface area contributed by atoms with Crippen LogP contribution in [0.3, 0.4) is 0 Å². The summed E-state index contributed by atoms with van der Waals surface area (Å²) in [6, 6.07) is 12.4. The molecule has 0 atom stereocenters. The number of urea groups is 1. The Hall–Kier alpha value is -3.29. The molecule has 1 N–H and O–H groups in total. The number of hydrogen-bond acceptors (Lipinski definition) is 5. The molecule has 2 amide bonds. The second-order valence-electron chi connectivity index (χ2n) is 7.07. The molecule has 0 aromatic heterocycles. The number of amides is 2. The minimum Gasteiger partial charge on any atom is -0.378 e. The van der Waals surface area contributed by atoms with Gasteiger partial charge in [0.05, 0.1) is 4.92 Å². The quantitative estimate of drug-likeness (QED) is 0.647. The first-order valence-electron chi connectivity index (χ1n) is 9.18. The number of nitro groups is 1. The van der Waals surface area contributed by atoms with Crippen molar-refractivity contribution in [2.75, 3.05) is 55.4 Å². The van der Waals surface area contributed by atoms with Crippen LogP contribution in [0.1, 0.15) is 5.56 Å². The molecule has 1 fully saturated rings. The lowest BCUT2D eigenvalue weighted by atomic mass is 10.1. The minimum atomic E-state index is -0.404. The number of nitrogens with one attached hydrogen (secondary N) is 1. The molecule has 0 spiro atoms. The molecule has 8 heteroatoms. The minimum absolute atomic E-state index is 0.0809. The summed E-state index contributed by atoms with van der Waals surface area (Å²) in [5.74, 6) is 0. The number of aryl methyl sites for hydroxylation is 1. The Labute approximate surface area is 164 Å². The molecule has 2 aromatic carbocycles. The van der Waals surface area contributed by atoms with Crippen LogP contribution >= 0.6 is 0 Å². The molecule has 8 nitrogen and oxygen atoms in total. The van der Waals surface area contributed by atoms with E-state index in [1.54, 1.807) is 17.0 Å². The Morgan fingerprint density at radius 1 is 1.07 bits per heavy atom. The topological polar surface area (TPSA) is 82.0 Å². The number of nitrogens with zero attached hydrogens (tertiary/aromatic N) is 4. The first-order valence-corrected chi connectivity index (χ1v) is 9.18. The number of hydrogen-bond donors (Lipinski definition) is 1. The van der Waals surface area contributed by atoms with Crippen molar-refractivity contribution >= 4 is 28.8 Å². The van der Waals surface area contributed by atoms with E-state index in [0.717, 1.165) is 22.6 Å². The van der Waals surface area contributed by atoms with Crippen LogP contribution in [0.4, 0.5) is 27.5 Å². The number of rotatable bonds is 4. The molecular formula is C20H25N5O3. The van der Waals surface area contributed by atoms with Crippen molar-refractivity contribution in [3.63, 3.8) is 0 Å². The molecule has 1 saturated heterocycles.